The molecule has 0 aromatic carbocycles. The van der Waals surface area contributed by atoms with Crippen LogP contribution in [0, 0.1) is 0 Å². The molecule has 0 unspecified atom stereocenters. The van der Waals surface area contributed by atoms with Gasteiger partial charge in [-0.3, -0.25) is 19.6 Å². The Morgan fingerprint density at radius 2 is 0.714 bits per heavy atom. The van der Waals surface area contributed by atoms with Gasteiger partial charge < -0.3 is 14.7 Å². The molecule has 0 aromatic rings. The lowest BCUT2D eigenvalue weighted by Gasteiger charge is -2.56. The lowest BCUT2D eigenvalue weighted by molar-refractivity contribution is -0.194. The Morgan fingerprint density at radius 1 is 0.571 bits per heavy atom. The highest BCUT2D eigenvalue weighted by atomic mass is 31.2. The van der Waals surface area contributed by atoms with Crippen molar-refractivity contribution in [3.8, 4) is 0 Å². The van der Waals surface area contributed by atoms with Crippen LogP contribution in [0.25, 0.3) is 0 Å². The van der Waals surface area contributed by atoms with Crippen LogP contribution in [0.15, 0.2) is 0 Å². The summed E-state index contributed by atoms with van der Waals surface area (Å²) in [5.74, 6) is 0. The van der Waals surface area contributed by atoms with Gasteiger partial charge in [0.25, 0.3) is 0 Å². The number of hydrogen-bond donors (Lipinski definition) is 3. The molecule has 4 heterocycles. The zero-order valence-electron chi connectivity index (χ0n) is 7.82. The Balaban J connectivity index is 0.000000165. The maximum Gasteiger partial charge on any atom is 0.324 e. The summed E-state index contributed by atoms with van der Waals surface area (Å²) in [6.45, 7) is 7.12. The van der Waals surface area contributed by atoms with Crippen molar-refractivity contribution in [2.75, 3.05) is 40.0 Å². The van der Waals surface area contributed by atoms with Crippen molar-refractivity contribution in [3.63, 3.8) is 0 Å². The Kier molecular flexibility index (Phi) is 3.30. The lowest BCUT2D eigenvalue weighted by Crippen LogP contribution is -2.71. The van der Waals surface area contributed by atoms with E-state index in [9.17, 15) is 0 Å². The maximum absolute atomic E-state index is 7.23. The summed E-state index contributed by atoms with van der Waals surface area (Å²) in [7, 11) is -2.62. The Bertz CT molecular complexity index is 146. The van der Waals surface area contributed by atoms with E-state index in [4.69, 9.17) is 14.7 Å². The van der Waals surface area contributed by atoms with E-state index in [1.54, 1.807) is 0 Å². The van der Waals surface area contributed by atoms with Gasteiger partial charge in [-0.1, -0.05) is 0 Å². The predicted molar refractivity (Wildman–Crippen MR) is 50.1 cm³/mol. The molecule has 14 heavy (non-hydrogen) atoms. The minimum absolute atomic E-state index is 1.19. The summed E-state index contributed by atoms with van der Waals surface area (Å²) in [5, 5.41) is 0. The van der Waals surface area contributed by atoms with Gasteiger partial charge in [-0.05, 0) is 0 Å². The second-order valence-corrected chi connectivity index (χ2v) is 4.34. The summed E-state index contributed by atoms with van der Waals surface area (Å²) in [5.41, 5.74) is 0. The molecule has 0 saturated carbocycles. The quantitative estimate of drug-likeness (QED) is 0.416. The fourth-order valence-electron chi connectivity index (χ4n) is 2.23. The van der Waals surface area contributed by atoms with Gasteiger partial charge in [-0.15, -0.1) is 0 Å². The zero-order valence-corrected chi connectivity index (χ0v) is 8.71. The van der Waals surface area contributed by atoms with Crippen LogP contribution in [0.4, 0.5) is 0 Å². The molecule has 4 saturated heterocycles. The highest BCUT2D eigenvalue weighted by Gasteiger charge is 2.36. The SMILES string of the molecule is C1N2CN3CN1CN(C2)C3.OP(O)O. The molecular weight excluding hydrogens is 207 g/mol. The smallest absolute Gasteiger partial charge is 0.324 e. The van der Waals surface area contributed by atoms with Crippen molar-refractivity contribution < 1.29 is 14.7 Å². The van der Waals surface area contributed by atoms with Gasteiger partial charge in [0.15, 0.2) is 0 Å². The number of hydrogen-bond acceptors (Lipinski definition) is 7. The summed E-state index contributed by atoms with van der Waals surface area (Å²) >= 11 is 0. The molecule has 0 aliphatic carbocycles. The minimum Gasteiger partial charge on any atom is -0.328 e. The highest BCUT2D eigenvalue weighted by Crippen LogP contribution is 2.20. The van der Waals surface area contributed by atoms with Gasteiger partial charge in [-0.2, -0.15) is 0 Å². The molecule has 82 valence electrons. The van der Waals surface area contributed by atoms with Crippen LogP contribution in [-0.2, 0) is 0 Å². The largest absolute Gasteiger partial charge is 0.328 e. The Morgan fingerprint density at radius 3 is 0.857 bits per heavy atom. The third kappa shape index (κ3) is 2.59. The molecule has 4 aliphatic heterocycles. The maximum atomic E-state index is 7.23. The lowest BCUT2D eigenvalue weighted by atomic mass is 10.4. The summed E-state index contributed by atoms with van der Waals surface area (Å²) in [6.07, 6.45) is 0. The fraction of sp³-hybridized carbons (Fsp3) is 1.00. The summed E-state index contributed by atoms with van der Waals surface area (Å²) in [4.78, 5) is 31.6. The molecule has 0 atom stereocenters. The second kappa shape index (κ2) is 4.34. The first kappa shape index (κ1) is 10.7. The van der Waals surface area contributed by atoms with E-state index in [-0.39, 0.29) is 0 Å². The standard InChI is InChI=1S/C6H12N4.H3O3P/c1-7-2-9-4-8(1)5-10(3-7)6-9;1-4(2)3/h1-6H2;1-3H. The van der Waals surface area contributed by atoms with Gasteiger partial charge in [0.1, 0.15) is 0 Å². The molecule has 4 aliphatic rings. The fourth-order valence-corrected chi connectivity index (χ4v) is 2.23. The van der Waals surface area contributed by atoms with Crippen LogP contribution >= 0.6 is 8.60 Å². The predicted octanol–water partition coefficient (Wildman–Crippen LogP) is -1.83. The van der Waals surface area contributed by atoms with E-state index in [1.165, 1.54) is 40.0 Å². The van der Waals surface area contributed by atoms with Gasteiger partial charge >= 0.3 is 8.60 Å². The van der Waals surface area contributed by atoms with E-state index in [0.29, 0.717) is 0 Å². The highest BCUT2D eigenvalue weighted by molar-refractivity contribution is 7.38. The molecular formula is C6H15N4O3P. The first-order chi connectivity index (χ1) is 6.63. The molecule has 4 fully saturated rings. The van der Waals surface area contributed by atoms with Gasteiger partial charge in [-0.25, -0.2) is 0 Å². The van der Waals surface area contributed by atoms with E-state index >= 15 is 0 Å². The molecule has 8 heteroatoms. The van der Waals surface area contributed by atoms with Crippen LogP contribution in [0.1, 0.15) is 0 Å². The molecule has 0 amide bonds. The van der Waals surface area contributed by atoms with Crippen LogP contribution in [0.3, 0.4) is 0 Å². The van der Waals surface area contributed by atoms with Gasteiger partial charge in [0, 0.05) is 0 Å². The van der Waals surface area contributed by atoms with Crippen molar-refractivity contribution in [3.05, 3.63) is 0 Å². The third-order valence-corrected chi connectivity index (χ3v) is 2.40. The molecule has 4 bridgehead atoms. The monoisotopic (exact) mass is 222 g/mol. The van der Waals surface area contributed by atoms with Crippen molar-refractivity contribution in [2.45, 2.75) is 0 Å². The van der Waals surface area contributed by atoms with Crippen LogP contribution < -0.4 is 0 Å². The third-order valence-electron chi connectivity index (χ3n) is 2.40. The van der Waals surface area contributed by atoms with Crippen LogP contribution in [0.2, 0.25) is 0 Å². The Hall–Kier alpha value is 0.150. The molecule has 4 rings (SSSR count). The molecule has 7 nitrogen and oxygen atoms in total. The van der Waals surface area contributed by atoms with E-state index in [0.717, 1.165) is 0 Å². The Labute approximate surface area is 83.7 Å². The molecule has 0 spiro atoms. The minimum atomic E-state index is -2.62. The second-order valence-electron chi connectivity index (χ2n) is 3.80. The van der Waals surface area contributed by atoms with Crippen LogP contribution in [0.5, 0.6) is 0 Å². The van der Waals surface area contributed by atoms with Crippen molar-refractivity contribution in [2.24, 2.45) is 0 Å². The van der Waals surface area contributed by atoms with E-state index in [2.05, 4.69) is 19.6 Å². The summed E-state index contributed by atoms with van der Waals surface area (Å²) in [6, 6.07) is 0. The van der Waals surface area contributed by atoms with Crippen molar-refractivity contribution in [1.82, 2.24) is 19.6 Å². The molecule has 0 aromatic heterocycles. The van der Waals surface area contributed by atoms with Gasteiger partial charge in [0.2, 0.25) is 0 Å². The average molecular weight is 222 g/mol. The first-order valence-corrected chi connectivity index (χ1v) is 5.59. The number of nitrogens with zero attached hydrogens (tertiary/aromatic N) is 4. The number of rotatable bonds is 0. The molecule has 0 radical (unpaired) electrons. The zero-order chi connectivity index (χ0) is 10.1. The van der Waals surface area contributed by atoms with E-state index < -0.39 is 8.60 Å². The topological polar surface area (TPSA) is 73.7 Å². The van der Waals surface area contributed by atoms with Crippen LogP contribution in [-0.4, -0.2) is 74.3 Å². The first-order valence-electron chi connectivity index (χ1n) is 4.39. The normalized spacial score (nSPS) is 43.7. The van der Waals surface area contributed by atoms with E-state index in [1.807, 2.05) is 0 Å². The molecule has 3 N–H and O–H groups in total. The van der Waals surface area contributed by atoms with Gasteiger partial charge in [0.05, 0.1) is 40.0 Å². The average Bonchev–Trinajstić information content (AvgIpc) is 1.98. The summed E-state index contributed by atoms with van der Waals surface area (Å²) < 4.78 is 0. The van der Waals surface area contributed by atoms with Crippen molar-refractivity contribution >= 4 is 8.60 Å². The van der Waals surface area contributed by atoms with Crippen molar-refractivity contribution in [1.29, 1.82) is 0 Å².